The van der Waals surface area contributed by atoms with Gasteiger partial charge in [-0.1, -0.05) is 69.5 Å². The van der Waals surface area contributed by atoms with E-state index in [1.54, 1.807) is 44.3 Å². The second-order valence-corrected chi connectivity index (χ2v) is 34.2. The molecule has 8 heterocycles. The minimum atomic E-state index is -1.86. The third kappa shape index (κ3) is 26.0. The number of phenolic OH excluding ortho intramolecular Hbond substituents is 1. The highest BCUT2D eigenvalue weighted by molar-refractivity contribution is 6.03. The first kappa shape index (κ1) is 98.2. The molecule has 2 aromatic carbocycles. The topological polar surface area (TPSA) is 594 Å². The predicted octanol–water partition coefficient (Wildman–Crippen LogP) is 4.39. The number of aromatic amines is 4. The fourth-order valence-corrected chi connectivity index (χ4v) is 17.0. The minimum absolute atomic E-state index is 0.00913. The number of nitrogens with zero attached hydrogens (tertiary/aromatic N) is 3. The number of aryl methyl sites for hydroxylation is 3. The number of nitrogens with one attached hydrogen (secondary N) is 15. The molecule has 0 radical (unpaired) electrons. The number of aromatic nitrogens is 6. The normalized spacial score (nSPS) is 16.3. The summed E-state index contributed by atoms with van der Waals surface area (Å²) >= 11 is 0. The van der Waals surface area contributed by atoms with Crippen LogP contribution in [0.3, 0.4) is 0 Å². The lowest BCUT2D eigenvalue weighted by molar-refractivity contribution is -0.137. The monoisotopic (exact) mass is 1810 g/mol. The van der Waals surface area contributed by atoms with E-state index in [0.717, 1.165) is 72.2 Å². The number of fused-ring (bicyclic) bond motifs is 9. The van der Waals surface area contributed by atoms with Crippen LogP contribution in [-0.2, 0) is 88.0 Å². The zero-order valence-electron chi connectivity index (χ0n) is 74.9. The number of imidazole rings is 1. The Morgan fingerprint density at radius 3 is 1.91 bits per heavy atom. The van der Waals surface area contributed by atoms with E-state index in [0.29, 0.717) is 57.5 Å². The number of unbranched alkanes of at least 4 members (excludes halogenated alkanes) is 1. The van der Waals surface area contributed by atoms with Gasteiger partial charge in [-0.2, -0.15) is 0 Å². The van der Waals surface area contributed by atoms with Gasteiger partial charge in [-0.15, -0.1) is 0 Å². The van der Waals surface area contributed by atoms with Gasteiger partial charge >= 0.3 is 5.97 Å². The number of benzene rings is 2. The summed E-state index contributed by atoms with van der Waals surface area (Å²) in [6.07, 6.45) is 9.25. The van der Waals surface area contributed by atoms with Crippen molar-refractivity contribution < 1.29 is 77.6 Å². The second-order valence-electron chi connectivity index (χ2n) is 34.2. The van der Waals surface area contributed by atoms with Crippen LogP contribution in [0.4, 0.5) is 0 Å². The molecule has 1 aliphatic carbocycles. The van der Waals surface area contributed by atoms with Gasteiger partial charge in [0.25, 0.3) is 0 Å². The summed E-state index contributed by atoms with van der Waals surface area (Å²) in [5.74, 6) is -10.5. The fraction of sp³-hybridized carbons (Fsp3) is 0.411. The van der Waals surface area contributed by atoms with Crippen molar-refractivity contribution in [2.24, 2.45) is 28.1 Å². The highest BCUT2D eigenvalue weighted by Gasteiger charge is 2.40. The van der Waals surface area contributed by atoms with Crippen molar-refractivity contribution in [1.29, 1.82) is 0 Å². The van der Waals surface area contributed by atoms with Crippen molar-refractivity contribution in [2.75, 3.05) is 26.2 Å². The predicted molar refractivity (Wildman–Crippen MR) is 499 cm³/mol. The smallest absolute Gasteiger partial charge is 0.303 e. The van der Waals surface area contributed by atoms with E-state index in [2.05, 4.69) is 114 Å². The highest BCUT2D eigenvalue weighted by Crippen LogP contribution is 2.39. The van der Waals surface area contributed by atoms with Crippen LogP contribution in [0.1, 0.15) is 179 Å². The van der Waals surface area contributed by atoms with Crippen molar-refractivity contribution in [3.8, 4) is 5.75 Å². The van der Waals surface area contributed by atoms with Crippen molar-refractivity contribution in [3.63, 3.8) is 0 Å². The molecule has 5 aromatic heterocycles. The maximum Gasteiger partial charge on any atom is 0.303 e. The molecule has 132 heavy (non-hydrogen) atoms. The van der Waals surface area contributed by atoms with Crippen molar-refractivity contribution >= 4 is 144 Å². The number of aliphatic imine (C=N–C) groups is 1. The van der Waals surface area contributed by atoms with Gasteiger partial charge in [-0.3, -0.25) is 72.6 Å². The number of H-pyrrole nitrogens is 4. The summed E-state index contributed by atoms with van der Waals surface area (Å²) in [7, 11) is 0. The quantitative estimate of drug-likeness (QED) is 0.0143. The lowest BCUT2D eigenvalue weighted by Gasteiger charge is -2.28. The number of hydrogen-bond acceptors (Lipinski definition) is 19. The van der Waals surface area contributed by atoms with Crippen LogP contribution in [0, 0.1) is 19.8 Å². The first-order valence-corrected chi connectivity index (χ1v) is 44.4. The van der Waals surface area contributed by atoms with Gasteiger partial charge in [0.1, 0.15) is 48.0 Å². The largest absolute Gasteiger partial charge is 0.508 e. The number of Topliss-reactive ketones (excluding diaryl/α,β-unsaturated/α-hetero) is 1. The minimum Gasteiger partial charge on any atom is -0.508 e. The number of nitrogens with two attached hydrogens (primary N) is 3. The number of ketones is 1. The molecule has 4 aliphatic rings. The van der Waals surface area contributed by atoms with Crippen LogP contribution in [-0.4, -0.2) is 215 Å². The number of aliphatic hydroxyl groups excluding tert-OH is 1. The summed E-state index contributed by atoms with van der Waals surface area (Å²) in [5.41, 5.74) is 32.1. The van der Waals surface area contributed by atoms with Crippen LogP contribution in [0.5, 0.6) is 5.75 Å². The lowest BCUT2D eigenvalue weighted by Crippen LogP contribution is -2.61. The number of allylic oxidation sites excluding steroid dienone is 5. The van der Waals surface area contributed by atoms with Gasteiger partial charge in [-0.25, -0.2) is 9.97 Å². The van der Waals surface area contributed by atoms with Gasteiger partial charge in [0.2, 0.25) is 65.0 Å². The van der Waals surface area contributed by atoms with Crippen LogP contribution in [0.15, 0.2) is 122 Å². The third-order valence-electron chi connectivity index (χ3n) is 24.2. The Hall–Kier alpha value is -14.4. The van der Waals surface area contributed by atoms with Gasteiger partial charge in [0.15, 0.2) is 11.7 Å². The molecule has 7 aromatic rings. The number of primary amides is 1. The number of carboxylic acids is 1. The number of aliphatic hydroxyl groups is 1. The number of carbonyl (C=O) groups excluding carboxylic acids is 12. The third-order valence-corrected chi connectivity index (χ3v) is 24.2. The van der Waals surface area contributed by atoms with Gasteiger partial charge in [0.05, 0.1) is 54.7 Å². The average Bonchev–Trinajstić information content (AvgIpc) is 1.62. The van der Waals surface area contributed by atoms with E-state index in [1.807, 2.05) is 58.0 Å². The number of rotatable bonds is 46. The van der Waals surface area contributed by atoms with Crippen LogP contribution < -0.4 is 75.7 Å². The zero-order chi connectivity index (χ0) is 95.1. The molecule has 11 amide bonds. The van der Waals surface area contributed by atoms with E-state index in [4.69, 9.17) is 22.2 Å². The van der Waals surface area contributed by atoms with Crippen LogP contribution in [0.2, 0.25) is 0 Å². The molecular weight excluding hydrogens is 1690 g/mol. The number of hydrogen-bond donors (Lipinski definition) is 21. The van der Waals surface area contributed by atoms with Crippen molar-refractivity contribution in [2.45, 2.75) is 218 Å². The summed E-state index contributed by atoms with van der Waals surface area (Å²) in [6.45, 7) is 18.5. The Labute approximate surface area is 762 Å². The second kappa shape index (κ2) is 45.8. The molecule has 700 valence electrons. The molecule has 37 heteroatoms. The Balaban J connectivity index is 0.844. The summed E-state index contributed by atoms with van der Waals surface area (Å²) in [5, 5.41) is 62.2. The number of phenols is 1. The summed E-state index contributed by atoms with van der Waals surface area (Å²) in [4.78, 5) is 208. The molecule has 10 atom stereocenters. The van der Waals surface area contributed by atoms with Gasteiger partial charge < -0.3 is 106 Å². The maximum absolute atomic E-state index is 15.4. The SMILES string of the molecule is C=CC1=C(C)c2cc1cc1[nH]c(cc3nc(cc4[nH]c(c2)c(C=C)c4C)C(C)=C3CCCC(=O)NCCCC[C@H](NC(=O)[C@H](Cc2ccc(O)cc2)NC(=O)[C@H](CO)NC(=O)[C@H](Cc2c[nH]c3ccccc23)NC(=O)[C@H](Cc2c[nH]cn2)NC(=O)C2CCC(=O)N2)C(=O)N[C@@H](CC(C)C)C(=O)N[C@@H](CCCN=C(N)N)C(=O)C2CC[C@@H](C(=O)NCC(N)=O)N2)c(CCC(=O)O)c1C. The number of carboxylic acid groups (broad SMARTS) is 1. The molecule has 2 saturated heterocycles. The Morgan fingerprint density at radius 2 is 1.23 bits per heavy atom. The van der Waals surface area contributed by atoms with Crippen molar-refractivity contribution in [1.82, 2.24) is 88.4 Å². The molecule has 8 bridgehead atoms. The van der Waals surface area contributed by atoms with Gasteiger partial charge in [-0.05, 0) is 220 Å². The molecule has 11 rings (SSSR count). The first-order chi connectivity index (χ1) is 63.1. The number of aliphatic carboxylic acids is 1. The van der Waals surface area contributed by atoms with E-state index < -0.39 is 138 Å². The summed E-state index contributed by atoms with van der Waals surface area (Å²) < 4.78 is 0. The highest BCUT2D eigenvalue weighted by atomic mass is 16.4. The van der Waals surface area contributed by atoms with E-state index in [9.17, 15) is 68.1 Å². The van der Waals surface area contributed by atoms with E-state index in [1.165, 1.54) is 36.8 Å². The van der Waals surface area contributed by atoms with E-state index in [-0.39, 0.29) is 145 Å². The summed E-state index contributed by atoms with van der Waals surface area (Å²) in [6, 6.07) is 9.49. The number of amides is 11. The molecular formula is C95H119N21O16. The Bertz CT molecular complexity index is 5800. The Kier molecular flexibility index (Phi) is 34.0. The number of aromatic hydroxyl groups is 1. The molecule has 2 unspecified atom stereocenters. The molecule has 2 fully saturated rings. The molecule has 0 spiro atoms. The molecule has 3 aliphatic heterocycles. The van der Waals surface area contributed by atoms with Crippen molar-refractivity contribution in [3.05, 3.63) is 178 Å². The molecule has 0 saturated carbocycles. The fourth-order valence-electron chi connectivity index (χ4n) is 17.0. The standard InChI is InChI=1S/C95H119N21O16/c1-9-60-50(5)55-37-56(60)39-71-53(8)63(27-32-85(122)123)76(106-71)43-75-62(52(7)73(108-75)42-72-51(6)61(10-2)74(38-55)107-72)18-15-22-83(120)100-33-14-13-20-68(88(126)112-77(35-49(3)4)90(128)110-66(21-16-34-101-95(97)98)86(124)67-28-29-69(105-67)87(125)103-46-82(96)119)111-91(129)78(36-54-23-25-59(118)26-24-54)113-94(132)81(47-117)116-92(130)79(40-57-44-102-65-19-12-11-17-64(57)65)114-93(131)80(41-58-45-99-48-104-58)115-89(127)70-30-31-84(121)109-70/h9-12,17,19,23-26,37-39,42-45,48-49,66-70,77-81,102,105-107,117-118H,1-2,13-16,18,20-22,27-36,40-41,46-47H2,3-8H3,(H2,96,119)(H,99,104)(H,100,120)(H,103,125)(H,109,121)(H,110,128)(H,111,129)(H,112,126)(H,113,132)(H,114,131)(H,115,127)(H,116,130)(H,122,123)(H4,97,98,101)/t66-,67?,68-,69-,70?,77-,78-,79-,80-,81-/m0/s1. The van der Waals surface area contributed by atoms with E-state index >= 15 is 9.59 Å². The average molecular weight is 1810 g/mol. The van der Waals surface area contributed by atoms with Gasteiger partial charge in [0, 0.05) is 103 Å². The van der Waals surface area contributed by atoms with Crippen LogP contribution in [0.25, 0.3) is 61.3 Å². The zero-order valence-corrected chi connectivity index (χ0v) is 74.9. The molecule has 24 N–H and O–H groups in total. The first-order valence-electron chi connectivity index (χ1n) is 44.4. The maximum atomic E-state index is 15.4. The number of carbonyl (C=O) groups is 13. The number of guanidine groups is 1. The lowest BCUT2D eigenvalue weighted by atomic mass is 9.97. The number of para-hydroxylation sites is 1. The van der Waals surface area contributed by atoms with Crippen LogP contribution >= 0.6 is 0 Å². The molecule has 37 nitrogen and oxygen atoms in total. The Morgan fingerprint density at radius 1 is 0.598 bits per heavy atom.